The molecule has 3 heterocycles. The van der Waals surface area contributed by atoms with Gasteiger partial charge in [-0.25, -0.2) is 19.3 Å². The number of anilines is 2. The molecule has 0 aliphatic rings. The Balaban J connectivity index is 1.23. The summed E-state index contributed by atoms with van der Waals surface area (Å²) in [5.41, 5.74) is 3.71. The molecule has 5 rings (SSSR count). The molecule has 228 valence electrons. The van der Waals surface area contributed by atoms with Gasteiger partial charge >= 0.3 is 0 Å². The van der Waals surface area contributed by atoms with Crippen LogP contribution in [0.5, 0.6) is 5.75 Å². The fourth-order valence-corrected chi connectivity index (χ4v) is 6.33. The first kappa shape index (κ1) is 31.6. The monoisotopic (exact) mass is 696 g/mol. The molecule has 2 aromatic carbocycles. The Morgan fingerprint density at radius 1 is 1.09 bits per heavy atom. The highest BCUT2D eigenvalue weighted by molar-refractivity contribution is 9.10. The zero-order chi connectivity index (χ0) is 31.1. The standard InChI is InChI=1S/C31H30BrFN6O3S2/c1-19(2)29(44(40)41)15-34-10-4-7-30-39-27(17-43-30)25-13-23-26(14-35-25)36-18-37-31(23)38-22-8-9-28(24(32)12-22)42-16-20-5-3-6-21(33)11-20/h3,5-6,8-9,11-14,17-19,34H,4,7,10,15-16H2,1-2H3,(H,36,37,38). The maximum Gasteiger partial charge on any atom is 0.214 e. The fourth-order valence-electron chi connectivity index (χ4n) is 4.39. The van der Waals surface area contributed by atoms with Gasteiger partial charge in [0, 0.05) is 29.4 Å². The number of nitrogens with zero attached hydrogens (tertiary/aromatic N) is 4. The number of fused-ring (bicyclic) bond motifs is 1. The van der Waals surface area contributed by atoms with E-state index in [1.807, 2.05) is 49.6 Å². The molecule has 3 aromatic heterocycles. The summed E-state index contributed by atoms with van der Waals surface area (Å²) >= 11 is 5.14. The van der Waals surface area contributed by atoms with Gasteiger partial charge in [0.1, 0.15) is 30.3 Å². The van der Waals surface area contributed by atoms with E-state index >= 15 is 0 Å². The van der Waals surface area contributed by atoms with Crippen molar-refractivity contribution in [2.75, 3.05) is 18.4 Å². The SMILES string of the molecule is CC(C)C(CNCCCc1nc(-c2cc3c(Nc4ccc(OCc5cccc(F)c5)c(Br)c4)ncnc3cn2)cs1)=S(=O)=O. The lowest BCUT2D eigenvalue weighted by molar-refractivity contribution is 0.303. The van der Waals surface area contributed by atoms with Crippen LogP contribution in [0.1, 0.15) is 30.8 Å². The molecular formula is C31H30BrFN6O3S2. The molecule has 0 fully saturated rings. The first-order valence-electron chi connectivity index (χ1n) is 13.9. The summed E-state index contributed by atoms with van der Waals surface area (Å²) < 4.78 is 42.8. The lowest BCUT2D eigenvalue weighted by Crippen LogP contribution is -2.28. The molecule has 0 unspecified atom stereocenters. The molecule has 44 heavy (non-hydrogen) atoms. The molecule has 9 nitrogen and oxygen atoms in total. The van der Waals surface area contributed by atoms with Gasteiger partial charge in [0.15, 0.2) is 0 Å². The number of benzene rings is 2. The van der Waals surface area contributed by atoms with Crippen LogP contribution in [-0.2, 0) is 23.3 Å². The van der Waals surface area contributed by atoms with Gasteiger partial charge in [0.05, 0.1) is 37.4 Å². The number of aromatic nitrogens is 4. The van der Waals surface area contributed by atoms with Gasteiger partial charge in [-0.15, -0.1) is 11.3 Å². The molecule has 5 aromatic rings. The summed E-state index contributed by atoms with van der Waals surface area (Å²) in [6.45, 7) is 5.05. The predicted molar refractivity (Wildman–Crippen MR) is 177 cm³/mol. The summed E-state index contributed by atoms with van der Waals surface area (Å²) in [7, 11) is -2.17. The highest BCUT2D eigenvalue weighted by atomic mass is 79.9. The number of hydrogen-bond acceptors (Lipinski definition) is 10. The Kier molecular flexibility index (Phi) is 10.6. The van der Waals surface area contributed by atoms with E-state index in [2.05, 4.69) is 41.5 Å². The second kappa shape index (κ2) is 14.8. The van der Waals surface area contributed by atoms with Gasteiger partial charge in [-0.3, -0.25) is 4.98 Å². The summed E-state index contributed by atoms with van der Waals surface area (Å²) in [4.78, 5) is 18.7. The van der Waals surface area contributed by atoms with Crippen LogP contribution in [0.2, 0.25) is 0 Å². The lowest BCUT2D eigenvalue weighted by Gasteiger charge is -2.12. The Labute approximate surface area is 268 Å². The minimum Gasteiger partial charge on any atom is -0.488 e. The maximum absolute atomic E-state index is 13.5. The summed E-state index contributed by atoms with van der Waals surface area (Å²) in [6.07, 6.45) is 4.81. The number of rotatable bonds is 13. The van der Waals surface area contributed by atoms with Crippen molar-refractivity contribution in [3.8, 4) is 17.1 Å². The van der Waals surface area contributed by atoms with E-state index in [0.717, 1.165) is 44.7 Å². The largest absolute Gasteiger partial charge is 0.488 e. The molecule has 0 radical (unpaired) electrons. The second-order valence-electron chi connectivity index (χ2n) is 10.3. The van der Waals surface area contributed by atoms with Gasteiger partial charge < -0.3 is 15.4 Å². The molecule has 0 saturated heterocycles. The Morgan fingerprint density at radius 2 is 1.95 bits per heavy atom. The number of halogens is 2. The molecule has 0 aliphatic heterocycles. The van der Waals surface area contributed by atoms with Crippen LogP contribution in [-0.4, -0.2) is 46.3 Å². The van der Waals surface area contributed by atoms with E-state index in [0.29, 0.717) is 40.7 Å². The maximum atomic E-state index is 13.5. The van der Waals surface area contributed by atoms with Gasteiger partial charge in [-0.1, -0.05) is 26.0 Å². The van der Waals surface area contributed by atoms with Crippen LogP contribution < -0.4 is 15.4 Å². The van der Waals surface area contributed by atoms with Gasteiger partial charge in [0.25, 0.3) is 0 Å². The van der Waals surface area contributed by atoms with Crippen molar-refractivity contribution in [1.29, 1.82) is 0 Å². The van der Waals surface area contributed by atoms with E-state index < -0.39 is 10.3 Å². The highest BCUT2D eigenvalue weighted by Gasteiger charge is 2.12. The molecule has 13 heteroatoms. The second-order valence-corrected chi connectivity index (χ2v) is 13.1. The predicted octanol–water partition coefficient (Wildman–Crippen LogP) is 6.60. The topological polar surface area (TPSA) is 119 Å². The highest BCUT2D eigenvalue weighted by Crippen LogP contribution is 2.32. The minimum atomic E-state index is -2.17. The van der Waals surface area contributed by atoms with E-state index in [1.54, 1.807) is 23.6 Å². The number of hydrogen-bond donors (Lipinski definition) is 2. The Hall–Kier alpha value is -3.78. The summed E-state index contributed by atoms with van der Waals surface area (Å²) in [5.74, 6) is 0.940. The summed E-state index contributed by atoms with van der Waals surface area (Å²) in [6, 6.07) is 13.9. The van der Waals surface area contributed by atoms with E-state index in [4.69, 9.17) is 9.72 Å². The van der Waals surface area contributed by atoms with E-state index in [1.165, 1.54) is 18.5 Å². The van der Waals surface area contributed by atoms with E-state index in [9.17, 15) is 12.8 Å². The van der Waals surface area contributed by atoms with Gasteiger partial charge in [0.2, 0.25) is 10.3 Å². The molecule has 2 N–H and O–H groups in total. The molecular weight excluding hydrogens is 667 g/mol. The van der Waals surface area contributed by atoms with Crippen LogP contribution in [0.25, 0.3) is 22.3 Å². The third kappa shape index (κ3) is 8.23. The van der Waals surface area contributed by atoms with Crippen molar-refractivity contribution < 1.29 is 17.5 Å². The third-order valence-corrected chi connectivity index (χ3v) is 9.29. The first-order valence-corrected chi connectivity index (χ1v) is 16.7. The molecule has 0 saturated carbocycles. The van der Waals surface area contributed by atoms with Crippen molar-refractivity contribution in [2.24, 2.45) is 5.92 Å². The number of nitrogens with one attached hydrogen (secondary N) is 2. The van der Waals surface area contributed by atoms with E-state index in [-0.39, 0.29) is 18.3 Å². The smallest absolute Gasteiger partial charge is 0.214 e. The van der Waals surface area contributed by atoms with Crippen LogP contribution in [0, 0.1) is 11.7 Å². The Bertz CT molecular complexity index is 1910. The van der Waals surface area contributed by atoms with Crippen LogP contribution in [0.4, 0.5) is 15.9 Å². The minimum absolute atomic E-state index is 0.0146. The van der Waals surface area contributed by atoms with Crippen molar-refractivity contribution in [2.45, 2.75) is 33.3 Å². The van der Waals surface area contributed by atoms with Crippen molar-refractivity contribution >= 4 is 64.8 Å². The number of pyridine rings is 1. The molecule has 0 bridgehead atoms. The Morgan fingerprint density at radius 3 is 2.73 bits per heavy atom. The average molecular weight is 698 g/mol. The van der Waals surface area contributed by atoms with Crippen molar-refractivity contribution in [3.63, 3.8) is 0 Å². The van der Waals surface area contributed by atoms with Crippen molar-refractivity contribution in [3.05, 3.63) is 87.3 Å². The normalized spacial score (nSPS) is 11.2. The third-order valence-electron chi connectivity index (χ3n) is 6.72. The van der Waals surface area contributed by atoms with Crippen LogP contribution in [0.15, 0.2) is 70.9 Å². The van der Waals surface area contributed by atoms with Crippen molar-refractivity contribution in [1.82, 2.24) is 25.3 Å². The summed E-state index contributed by atoms with van der Waals surface area (Å²) in [5, 5.41) is 10.3. The zero-order valence-corrected chi connectivity index (χ0v) is 27.3. The molecule has 0 spiro atoms. The number of aryl methyl sites for hydroxylation is 1. The fraction of sp³-hybridized carbons (Fsp3) is 0.258. The number of thiazole rings is 1. The van der Waals surface area contributed by atoms with Gasteiger partial charge in [-0.05, 0) is 76.8 Å². The average Bonchev–Trinajstić information content (AvgIpc) is 3.47. The lowest BCUT2D eigenvalue weighted by atomic mass is 10.1. The first-order chi connectivity index (χ1) is 21.3. The molecule has 0 amide bonds. The number of ether oxygens (including phenoxy) is 1. The van der Waals surface area contributed by atoms with Gasteiger partial charge in [-0.2, -0.15) is 8.42 Å². The molecule has 0 aliphatic carbocycles. The quantitative estimate of drug-likeness (QED) is 0.104. The zero-order valence-electron chi connectivity index (χ0n) is 24.0. The van der Waals surface area contributed by atoms with Crippen LogP contribution >= 0.6 is 27.3 Å². The molecule has 0 atom stereocenters. The van der Waals surface area contributed by atoms with Crippen LogP contribution in [0.3, 0.4) is 0 Å².